The van der Waals surface area contributed by atoms with Crippen molar-refractivity contribution >= 4 is 17.2 Å². The van der Waals surface area contributed by atoms with E-state index in [1.165, 1.54) is 6.07 Å². The van der Waals surface area contributed by atoms with Gasteiger partial charge in [0, 0.05) is 19.1 Å². The number of aliphatic hydroxyl groups is 1. The molecule has 7 nitrogen and oxygen atoms in total. The summed E-state index contributed by atoms with van der Waals surface area (Å²) in [6, 6.07) is 1.11. The summed E-state index contributed by atoms with van der Waals surface area (Å²) in [6.07, 6.45) is 3.72. The zero-order chi connectivity index (χ0) is 20.2. The molecule has 1 saturated heterocycles. The number of nitrogens with zero attached hydrogens (tertiary/aromatic N) is 2. The Labute approximate surface area is 161 Å². The van der Waals surface area contributed by atoms with Crippen LogP contribution in [0.1, 0.15) is 46.7 Å². The molecule has 3 heterocycles. The Balaban J connectivity index is 1.89. The van der Waals surface area contributed by atoms with Gasteiger partial charge in [0.25, 0.3) is 5.56 Å². The number of aliphatic hydroxyl groups excluding tert-OH is 1. The molecule has 4 N–H and O–H groups in total. The van der Waals surface area contributed by atoms with Crippen molar-refractivity contribution < 1.29 is 19.4 Å². The van der Waals surface area contributed by atoms with Gasteiger partial charge in [-0.25, -0.2) is 9.18 Å². The SMILES string of the molecule is Cc1c(N2CCC(C(N)CO)C2)c(F)cn2c(=O)c(C(=O)O)cc(C3CC3)c12. The molecule has 2 unspecified atom stereocenters. The normalized spacial score (nSPS) is 20.7. The number of rotatable bonds is 5. The van der Waals surface area contributed by atoms with Crippen molar-refractivity contribution in [3.8, 4) is 0 Å². The summed E-state index contributed by atoms with van der Waals surface area (Å²) in [4.78, 5) is 26.0. The van der Waals surface area contributed by atoms with E-state index in [1.54, 1.807) is 6.92 Å². The second-order valence-corrected chi connectivity index (χ2v) is 7.91. The van der Waals surface area contributed by atoms with Crippen molar-refractivity contribution in [2.75, 3.05) is 24.6 Å². The fraction of sp³-hybridized carbons (Fsp3) is 0.500. The molecule has 0 aromatic carbocycles. The van der Waals surface area contributed by atoms with E-state index in [-0.39, 0.29) is 30.0 Å². The van der Waals surface area contributed by atoms with E-state index >= 15 is 4.39 Å². The summed E-state index contributed by atoms with van der Waals surface area (Å²) in [6.45, 7) is 2.81. The van der Waals surface area contributed by atoms with Crippen LogP contribution in [0.4, 0.5) is 10.1 Å². The van der Waals surface area contributed by atoms with Crippen molar-refractivity contribution in [3.63, 3.8) is 0 Å². The number of carbonyl (C=O) groups is 1. The summed E-state index contributed by atoms with van der Waals surface area (Å²) < 4.78 is 16.2. The molecule has 0 radical (unpaired) electrons. The molecule has 1 saturated carbocycles. The van der Waals surface area contributed by atoms with Crippen LogP contribution in [0.25, 0.3) is 5.52 Å². The van der Waals surface area contributed by atoms with Crippen LogP contribution in [0.5, 0.6) is 0 Å². The van der Waals surface area contributed by atoms with Gasteiger partial charge in [-0.2, -0.15) is 0 Å². The Kier molecular flexibility index (Phi) is 4.63. The van der Waals surface area contributed by atoms with E-state index in [2.05, 4.69) is 0 Å². The van der Waals surface area contributed by atoms with Crippen molar-refractivity contribution in [2.45, 2.75) is 38.1 Å². The zero-order valence-corrected chi connectivity index (χ0v) is 15.7. The van der Waals surface area contributed by atoms with Gasteiger partial charge in [0.1, 0.15) is 5.56 Å². The van der Waals surface area contributed by atoms with Crippen LogP contribution in [-0.2, 0) is 0 Å². The molecule has 150 valence electrons. The number of aromatic nitrogens is 1. The van der Waals surface area contributed by atoms with Gasteiger partial charge in [0.05, 0.1) is 24.0 Å². The van der Waals surface area contributed by atoms with Gasteiger partial charge in [0.2, 0.25) is 0 Å². The molecule has 2 aliphatic rings. The average Bonchev–Trinajstić information content (AvgIpc) is 3.39. The predicted molar refractivity (Wildman–Crippen MR) is 103 cm³/mol. The number of hydrogen-bond donors (Lipinski definition) is 3. The number of hydrogen-bond acceptors (Lipinski definition) is 5. The number of fused-ring (bicyclic) bond motifs is 1. The topological polar surface area (TPSA) is 108 Å². The van der Waals surface area contributed by atoms with E-state index in [1.807, 2.05) is 4.90 Å². The van der Waals surface area contributed by atoms with Gasteiger partial charge in [-0.05, 0) is 55.2 Å². The monoisotopic (exact) mass is 389 g/mol. The molecule has 0 spiro atoms. The second kappa shape index (κ2) is 6.86. The highest BCUT2D eigenvalue weighted by atomic mass is 19.1. The molecule has 2 fully saturated rings. The van der Waals surface area contributed by atoms with Crippen LogP contribution in [0.2, 0.25) is 0 Å². The van der Waals surface area contributed by atoms with Crippen molar-refractivity contribution in [1.29, 1.82) is 0 Å². The maximum absolute atomic E-state index is 15.1. The predicted octanol–water partition coefficient (Wildman–Crippen LogP) is 1.47. The highest BCUT2D eigenvalue weighted by molar-refractivity contribution is 5.89. The van der Waals surface area contributed by atoms with E-state index in [9.17, 15) is 19.8 Å². The Hall–Kier alpha value is -2.45. The summed E-state index contributed by atoms with van der Waals surface area (Å²) >= 11 is 0. The summed E-state index contributed by atoms with van der Waals surface area (Å²) in [5.41, 5.74) is 7.35. The fourth-order valence-electron chi connectivity index (χ4n) is 4.38. The van der Waals surface area contributed by atoms with Crippen LogP contribution in [0.3, 0.4) is 0 Å². The minimum Gasteiger partial charge on any atom is -0.477 e. The molecule has 2 aromatic heterocycles. The van der Waals surface area contributed by atoms with Crippen LogP contribution in [0.15, 0.2) is 17.1 Å². The highest BCUT2D eigenvalue weighted by Gasteiger charge is 2.33. The molecule has 1 aliphatic heterocycles. The van der Waals surface area contributed by atoms with Gasteiger partial charge in [0.15, 0.2) is 5.82 Å². The number of aromatic carboxylic acids is 1. The Bertz CT molecular complexity index is 1010. The van der Waals surface area contributed by atoms with Gasteiger partial charge in [-0.3, -0.25) is 9.20 Å². The van der Waals surface area contributed by atoms with Crippen molar-refractivity contribution in [3.05, 3.63) is 45.1 Å². The summed E-state index contributed by atoms with van der Waals surface area (Å²) in [5, 5.41) is 18.7. The first-order valence-corrected chi connectivity index (χ1v) is 9.56. The Morgan fingerprint density at radius 2 is 2.11 bits per heavy atom. The first-order valence-electron chi connectivity index (χ1n) is 9.56. The van der Waals surface area contributed by atoms with Gasteiger partial charge in [-0.1, -0.05) is 0 Å². The molecular weight excluding hydrogens is 365 g/mol. The van der Waals surface area contributed by atoms with E-state index in [0.717, 1.165) is 35.4 Å². The number of aryl methyl sites for hydroxylation is 1. The fourth-order valence-corrected chi connectivity index (χ4v) is 4.38. The Morgan fingerprint density at radius 1 is 1.39 bits per heavy atom. The lowest BCUT2D eigenvalue weighted by Crippen LogP contribution is -2.36. The minimum absolute atomic E-state index is 0.0690. The maximum atomic E-state index is 15.1. The lowest BCUT2D eigenvalue weighted by Gasteiger charge is -2.25. The largest absolute Gasteiger partial charge is 0.477 e. The summed E-state index contributed by atoms with van der Waals surface area (Å²) in [7, 11) is 0. The number of anilines is 1. The molecule has 1 aliphatic carbocycles. The minimum atomic E-state index is -1.30. The first-order chi connectivity index (χ1) is 13.3. The smallest absolute Gasteiger partial charge is 0.341 e. The van der Waals surface area contributed by atoms with Gasteiger partial charge >= 0.3 is 5.97 Å². The molecule has 0 bridgehead atoms. The van der Waals surface area contributed by atoms with Gasteiger partial charge < -0.3 is 20.8 Å². The molecule has 2 atom stereocenters. The number of pyridine rings is 2. The van der Waals surface area contributed by atoms with Crippen LogP contribution >= 0.6 is 0 Å². The molecule has 4 rings (SSSR count). The second-order valence-electron chi connectivity index (χ2n) is 7.91. The summed E-state index contributed by atoms with van der Waals surface area (Å²) in [5.74, 6) is -1.60. The highest BCUT2D eigenvalue weighted by Crippen LogP contribution is 2.44. The van der Waals surface area contributed by atoms with E-state index in [4.69, 9.17) is 5.73 Å². The van der Waals surface area contributed by atoms with Crippen LogP contribution < -0.4 is 16.2 Å². The van der Waals surface area contributed by atoms with Crippen molar-refractivity contribution in [1.82, 2.24) is 4.40 Å². The molecule has 2 aromatic rings. The van der Waals surface area contributed by atoms with Crippen LogP contribution in [0, 0.1) is 18.7 Å². The lowest BCUT2D eigenvalue weighted by atomic mass is 10.0. The van der Waals surface area contributed by atoms with E-state index < -0.39 is 17.3 Å². The lowest BCUT2D eigenvalue weighted by molar-refractivity contribution is 0.0694. The van der Waals surface area contributed by atoms with Crippen LogP contribution in [-0.4, -0.2) is 46.3 Å². The number of halogens is 1. The average molecular weight is 389 g/mol. The number of carboxylic acid groups (broad SMARTS) is 1. The molecule has 8 heteroatoms. The maximum Gasteiger partial charge on any atom is 0.341 e. The molecule has 0 amide bonds. The molecule has 28 heavy (non-hydrogen) atoms. The quantitative estimate of drug-likeness (QED) is 0.715. The third kappa shape index (κ3) is 2.97. The Morgan fingerprint density at radius 3 is 2.71 bits per heavy atom. The first kappa shape index (κ1) is 18.9. The standard InChI is InChI=1S/C20H24FN3O4/c1-10-17-13(11-2-3-11)6-14(20(27)28)19(26)24(17)8-15(21)18(10)23-5-4-12(7-23)16(22)9-25/h6,8,11-12,16,25H,2-5,7,9,22H2,1H3,(H,27,28). The zero-order valence-electron chi connectivity index (χ0n) is 15.7. The molecular formula is C20H24FN3O4. The number of nitrogens with two attached hydrogens (primary N) is 1. The third-order valence-electron chi connectivity index (χ3n) is 6.05. The third-order valence-corrected chi connectivity index (χ3v) is 6.05. The van der Waals surface area contributed by atoms with E-state index in [0.29, 0.717) is 29.9 Å². The number of carboxylic acids is 1. The van der Waals surface area contributed by atoms with Crippen molar-refractivity contribution in [2.24, 2.45) is 11.7 Å². The van der Waals surface area contributed by atoms with Gasteiger partial charge in [-0.15, -0.1) is 0 Å².